The number of hydrogen-bond acceptors (Lipinski definition) is 4. The molecule has 9 heteroatoms. The highest BCUT2D eigenvalue weighted by Gasteiger charge is 2.22. The Labute approximate surface area is 107 Å². The van der Waals surface area contributed by atoms with Crippen LogP contribution < -0.4 is 4.72 Å². The largest absolute Gasteiger partial charge is 0.324 e. The fraction of sp³-hybridized carbons (Fsp3) is 0.111. The Hall–Kier alpha value is -1.67. The molecule has 6 nitrogen and oxygen atoms in total. The number of anilines is 1. The van der Waals surface area contributed by atoms with E-state index in [9.17, 15) is 12.8 Å². The van der Waals surface area contributed by atoms with Gasteiger partial charge in [0.15, 0.2) is 0 Å². The third-order valence-corrected chi connectivity index (χ3v) is 3.90. The maximum absolute atomic E-state index is 12.6. The Morgan fingerprint density at radius 3 is 2.61 bits per heavy atom. The van der Waals surface area contributed by atoms with Gasteiger partial charge in [-0.2, -0.15) is 8.42 Å². The summed E-state index contributed by atoms with van der Waals surface area (Å²) in [4.78, 5) is 7.26. The lowest BCUT2D eigenvalue weighted by molar-refractivity contribution is 0.597. The molecular formula is C9H8ClFN4O2S. The summed E-state index contributed by atoms with van der Waals surface area (Å²) in [5, 5.41) is -0.331. The summed E-state index contributed by atoms with van der Waals surface area (Å²) < 4.78 is 40.0. The van der Waals surface area contributed by atoms with Gasteiger partial charge in [0.25, 0.3) is 10.0 Å². The molecule has 0 aliphatic heterocycles. The molecule has 2 heterocycles. The smallest absolute Gasteiger partial charge is 0.283 e. The Kier molecular flexibility index (Phi) is 3.22. The van der Waals surface area contributed by atoms with E-state index in [0.717, 1.165) is 12.3 Å². The van der Waals surface area contributed by atoms with Gasteiger partial charge in [0.1, 0.15) is 16.8 Å². The van der Waals surface area contributed by atoms with Crippen LogP contribution in [-0.4, -0.2) is 23.0 Å². The van der Waals surface area contributed by atoms with E-state index in [1.54, 1.807) is 7.05 Å². The molecule has 0 aliphatic carbocycles. The molecule has 0 amide bonds. The Balaban J connectivity index is 2.33. The Morgan fingerprint density at radius 2 is 2.11 bits per heavy atom. The molecule has 0 aromatic carbocycles. The van der Waals surface area contributed by atoms with Gasteiger partial charge >= 0.3 is 0 Å². The van der Waals surface area contributed by atoms with Crippen molar-refractivity contribution in [2.24, 2.45) is 7.05 Å². The number of aromatic nitrogens is 3. The van der Waals surface area contributed by atoms with Gasteiger partial charge < -0.3 is 4.57 Å². The number of hydrogen-bond donors (Lipinski definition) is 1. The van der Waals surface area contributed by atoms with Crippen molar-refractivity contribution in [1.82, 2.24) is 14.5 Å². The molecule has 96 valence electrons. The highest BCUT2D eigenvalue weighted by Crippen LogP contribution is 2.20. The SMILES string of the molecule is Cn1cnc(S(=O)(=O)Nc2ccc(F)cn2)c1Cl. The molecule has 2 rings (SSSR count). The molecular weight excluding hydrogens is 283 g/mol. The van der Waals surface area contributed by atoms with Crippen molar-refractivity contribution >= 4 is 27.4 Å². The molecule has 1 N–H and O–H groups in total. The zero-order valence-electron chi connectivity index (χ0n) is 9.13. The van der Waals surface area contributed by atoms with E-state index in [1.807, 2.05) is 0 Å². The molecule has 0 bridgehead atoms. The first-order chi connectivity index (χ1) is 8.40. The van der Waals surface area contributed by atoms with Crippen molar-refractivity contribution in [3.05, 3.63) is 35.6 Å². The second-order valence-corrected chi connectivity index (χ2v) is 5.37. The van der Waals surface area contributed by atoms with Crippen molar-refractivity contribution in [3.63, 3.8) is 0 Å². The quantitative estimate of drug-likeness (QED) is 0.927. The lowest BCUT2D eigenvalue weighted by Gasteiger charge is -2.05. The highest BCUT2D eigenvalue weighted by molar-refractivity contribution is 7.92. The van der Waals surface area contributed by atoms with E-state index in [-0.39, 0.29) is 16.0 Å². The van der Waals surface area contributed by atoms with Crippen LogP contribution in [0, 0.1) is 5.82 Å². The summed E-state index contributed by atoms with van der Waals surface area (Å²) in [5.41, 5.74) is 0. The second kappa shape index (κ2) is 4.54. The lowest BCUT2D eigenvalue weighted by atomic mass is 10.5. The molecule has 0 spiro atoms. The van der Waals surface area contributed by atoms with Crippen molar-refractivity contribution in [2.45, 2.75) is 5.03 Å². The number of aryl methyl sites for hydroxylation is 1. The maximum atomic E-state index is 12.6. The molecule has 0 fully saturated rings. The Bertz CT molecular complexity index is 668. The summed E-state index contributed by atoms with van der Waals surface area (Å²) in [6.45, 7) is 0. The van der Waals surface area contributed by atoms with Crippen LogP contribution in [0.15, 0.2) is 29.7 Å². The highest BCUT2D eigenvalue weighted by atomic mass is 35.5. The fourth-order valence-electron chi connectivity index (χ4n) is 1.20. The fourth-order valence-corrected chi connectivity index (χ4v) is 2.64. The zero-order valence-corrected chi connectivity index (χ0v) is 10.7. The van der Waals surface area contributed by atoms with Crippen molar-refractivity contribution < 1.29 is 12.8 Å². The van der Waals surface area contributed by atoms with Gasteiger partial charge in [-0.15, -0.1) is 0 Å². The van der Waals surface area contributed by atoms with Crippen LogP contribution in [0.1, 0.15) is 0 Å². The first kappa shape index (κ1) is 12.8. The van der Waals surface area contributed by atoms with Crippen LogP contribution in [0.4, 0.5) is 10.2 Å². The summed E-state index contributed by atoms with van der Waals surface area (Å²) in [7, 11) is -2.37. The van der Waals surface area contributed by atoms with Gasteiger partial charge in [-0.25, -0.2) is 14.4 Å². The number of nitrogens with zero attached hydrogens (tertiary/aromatic N) is 3. The average molecular weight is 291 g/mol. The van der Waals surface area contributed by atoms with Crippen LogP contribution >= 0.6 is 11.6 Å². The van der Waals surface area contributed by atoms with Gasteiger partial charge in [0, 0.05) is 7.05 Å². The van der Waals surface area contributed by atoms with E-state index >= 15 is 0 Å². The van der Waals surface area contributed by atoms with E-state index in [0.29, 0.717) is 0 Å². The topological polar surface area (TPSA) is 76.9 Å². The molecule has 0 saturated heterocycles. The van der Waals surface area contributed by atoms with Crippen molar-refractivity contribution in [1.29, 1.82) is 0 Å². The number of rotatable bonds is 3. The number of imidazole rings is 1. The van der Waals surface area contributed by atoms with Crippen LogP contribution in [-0.2, 0) is 17.1 Å². The minimum Gasteiger partial charge on any atom is -0.324 e. The van der Waals surface area contributed by atoms with Crippen LogP contribution in [0.3, 0.4) is 0 Å². The number of nitrogens with one attached hydrogen (secondary N) is 1. The molecule has 0 aliphatic rings. The predicted molar refractivity (Wildman–Crippen MR) is 63.2 cm³/mol. The molecule has 18 heavy (non-hydrogen) atoms. The molecule has 0 saturated carbocycles. The standard InChI is InChI=1S/C9H8ClFN4O2S/c1-15-5-13-9(8(15)10)18(16,17)14-7-3-2-6(11)4-12-7/h2-5H,1H3,(H,12,14). The van der Waals surface area contributed by atoms with Crippen LogP contribution in [0.5, 0.6) is 0 Å². The lowest BCUT2D eigenvalue weighted by Crippen LogP contribution is -2.15. The zero-order chi connectivity index (χ0) is 13.3. The molecule has 0 atom stereocenters. The first-order valence-corrected chi connectivity index (χ1v) is 6.57. The molecule has 0 radical (unpaired) electrons. The normalized spacial score (nSPS) is 11.5. The van der Waals surface area contributed by atoms with Gasteiger partial charge in [0.05, 0.1) is 12.5 Å². The van der Waals surface area contributed by atoms with E-state index < -0.39 is 15.8 Å². The Morgan fingerprint density at radius 1 is 1.39 bits per heavy atom. The van der Waals surface area contributed by atoms with Crippen molar-refractivity contribution in [2.75, 3.05) is 4.72 Å². The van der Waals surface area contributed by atoms with Gasteiger partial charge in [-0.3, -0.25) is 4.72 Å². The number of halogens is 2. The minimum atomic E-state index is -3.93. The second-order valence-electron chi connectivity index (χ2n) is 3.42. The summed E-state index contributed by atoms with van der Waals surface area (Å²) >= 11 is 5.79. The van der Waals surface area contributed by atoms with E-state index in [2.05, 4.69) is 14.7 Å². The van der Waals surface area contributed by atoms with Gasteiger partial charge in [-0.05, 0) is 12.1 Å². The predicted octanol–water partition coefficient (Wildman–Crippen LogP) is 1.41. The van der Waals surface area contributed by atoms with Crippen LogP contribution in [0.25, 0.3) is 0 Å². The monoisotopic (exact) mass is 290 g/mol. The van der Waals surface area contributed by atoms with E-state index in [1.165, 1.54) is 17.0 Å². The summed E-state index contributed by atoms with van der Waals surface area (Å²) in [5.74, 6) is -0.577. The number of sulfonamides is 1. The minimum absolute atomic E-state index is 0.0156. The molecule has 2 aromatic rings. The maximum Gasteiger partial charge on any atom is 0.283 e. The van der Waals surface area contributed by atoms with Gasteiger partial charge in [0.2, 0.25) is 5.03 Å². The van der Waals surface area contributed by atoms with E-state index in [4.69, 9.17) is 11.6 Å². The number of pyridine rings is 1. The summed E-state index contributed by atoms with van der Waals surface area (Å²) in [6.07, 6.45) is 2.17. The van der Waals surface area contributed by atoms with Crippen LogP contribution in [0.2, 0.25) is 5.15 Å². The summed E-state index contributed by atoms with van der Waals surface area (Å²) in [6, 6.07) is 2.29. The van der Waals surface area contributed by atoms with Gasteiger partial charge in [-0.1, -0.05) is 11.6 Å². The van der Waals surface area contributed by atoms with Crippen molar-refractivity contribution in [3.8, 4) is 0 Å². The first-order valence-electron chi connectivity index (χ1n) is 4.71. The molecule has 2 aromatic heterocycles. The third kappa shape index (κ3) is 2.44. The third-order valence-electron chi connectivity index (χ3n) is 2.06. The average Bonchev–Trinajstić information content (AvgIpc) is 2.63. The molecule has 0 unspecified atom stereocenters.